The van der Waals surface area contributed by atoms with E-state index in [0.29, 0.717) is 47.3 Å². The SMILES string of the molecule is O=C(NCCN1CCN(c2nc3c(F)cc(F)cc3s2)CC1)c1cccc(N2C(=O)CCC2=O)c1. The van der Waals surface area contributed by atoms with Crippen molar-refractivity contribution in [1.29, 1.82) is 0 Å². The summed E-state index contributed by atoms with van der Waals surface area (Å²) in [5, 5.41) is 3.56. The maximum Gasteiger partial charge on any atom is 0.251 e. The van der Waals surface area contributed by atoms with Gasteiger partial charge >= 0.3 is 0 Å². The largest absolute Gasteiger partial charge is 0.351 e. The summed E-state index contributed by atoms with van der Waals surface area (Å²) in [4.78, 5) is 46.3. The lowest BCUT2D eigenvalue weighted by molar-refractivity contribution is -0.121. The number of hydrogen-bond donors (Lipinski definition) is 1. The summed E-state index contributed by atoms with van der Waals surface area (Å²) in [6.45, 7) is 3.97. The van der Waals surface area contributed by atoms with E-state index < -0.39 is 11.6 Å². The number of benzene rings is 2. The minimum absolute atomic E-state index is 0.191. The first-order valence-electron chi connectivity index (χ1n) is 11.4. The molecule has 0 unspecified atom stereocenters. The van der Waals surface area contributed by atoms with Gasteiger partial charge in [-0.2, -0.15) is 0 Å². The van der Waals surface area contributed by atoms with Gasteiger partial charge < -0.3 is 10.2 Å². The van der Waals surface area contributed by atoms with E-state index in [1.54, 1.807) is 24.3 Å². The summed E-state index contributed by atoms with van der Waals surface area (Å²) in [5.74, 6) is -2.04. The average Bonchev–Trinajstić information content (AvgIpc) is 3.42. The molecule has 182 valence electrons. The second kappa shape index (κ2) is 9.67. The second-order valence-electron chi connectivity index (χ2n) is 8.49. The molecule has 1 aromatic heterocycles. The van der Waals surface area contributed by atoms with Crippen molar-refractivity contribution in [2.24, 2.45) is 0 Å². The highest BCUT2D eigenvalue weighted by Crippen LogP contribution is 2.31. The molecule has 3 amide bonds. The van der Waals surface area contributed by atoms with Gasteiger partial charge in [-0.25, -0.2) is 13.8 Å². The number of nitrogens with zero attached hydrogens (tertiary/aromatic N) is 4. The summed E-state index contributed by atoms with van der Waals surface area (Å²) in [7, 11) is 0. The third kappa shape index (κ3) is 4.87. The molecular formula is C24H23F2N5O3S. The Kier molecular flexibility index (Phi) is 6.44. The Morgan fingerprint density at radius 3 is 2.51 bits per heavy atom. The molecule has 2 fully saturated rings. The summed E-state index contributed by atoms with van der Waals surface area (Å²) in [6, 6.07) is 8.66. The minimum Gasteiger partial charge on any atom is -0.351 e. The first-order chi connectivity index (χ1) is 16.9. The van der Waals surface area contributed by atoms with Crippen LogP contribution >= 0.6 is 11.3 Å². The smallest absolute Gasteiger partial charge is 0.251 e. The zero-order chi connectivity index (χ0) is 24.5. The number of piperazine rings is 1. The third-order valence-electron chi connectivity index (χ3n) is 6.18. The molecular weight excluding hydrogens is 476 g/mol. The maximum atomic E-state index is 14.0. The van der Waals surface area contributed by atoms with Crippen molar-refractivity contribution >= 4 is 50.1 Å². The number of thiazole rings is 1. The highest BCUT2D eigenvalue weighted by Gasteiger charge is 2.30. The van der Waals surface area contributed by atoms with Gasteiger partial charge in [-0.15, -0.1) is 0 Å². The third-order valence-corrected chi connectivity index (χ3v) is 7.24. The molecule has 11 heteroatoms. The molecule has 2 aromatic carbocycles. The number of nitrogens with one attached hydrogen (secondary N) is 1. The Bertz CT molecular complexity index is 1290. The molecule has 2 saturated heterocycles. The monoisotopic (exact) mass is 499 g/mol. The number of halogens is 2. The lowest BCUT2D eigenvalue weighted by atomic mass is 10.1. The molecule has 35 heavy (non-hydrogen) atoms. The topological polar surface area (TPSA) is 85.8 Å². The number of carbonyl (C=O) groups is 3. The van der Waals surface area contributed by atoms with E-state index >= 15 is 0 Å². The Balaban J connectivity index is 1.12. The molecule has 1 N–H and O–H groups in total. The van der Waals surface area contributed by atoms with Gasteiger partial charge in [-0.3, -0.25) is 24.2 Å². The summed E-state index contributed by atoms with van der Waals surface area (Å²) in [5.41, 5.74) is 0.997. The molecule has 5 rings (SSSR count). The summed E-state index contributed by atoms with van der Waals surface area (Å²) >= 11 is 1.28. The highest BCUT2D eigenvalue weighted by molar-refractivity contribution is 7.22. The van der Waals surface area contributed by atoms with Crippen LogP contribution in [-0.4, -0.2) is 66.9 Å². The molecule has 2 aliphatic rings. The van der Waals surface area contributed by atoms with Gasteiger partial charge in [0.15, 0.2) is 10.9 Å². The highest BCUT2D eigenvalue weighted by atomic mass is 32.1. The van der Waals surface area contributed by atoms with E-state index in [4.69, 9.17) is 0 Å². The number of rotatable bonds is 6. The average molecular weight is 500 g/mol. The Labute approximate surface area is 204 Å². The van der Waals surface area contributed by atoms with Crippen molar-refractivity contribution < 1.29 is 23.2 Å². The van der Waals surface area contributed by atoms with Crippen LogP contribution in [0.3, 0.4) is 0 Å². The fourth-order valence-electron chi connectivity index (χ4n) is 4.32. The predicted molar refractivity (Wildman–Crippen MR) is 129 cm³/mol. The van der Waals surface area contributed by atoms with Crippen LogP contribution in [0.2, 0.25) is 0 Å². The van der Waals surface area contributed by atoms with Crippen LogP contribution in [0.5, 0.6) is 0 Å². The van der Waals surface area contributed by atoms with Gasteiger partial charge in [-0.1, -0.05) is 17.4 Å². The van der Waals surface area contributed by atoms with Gasteiger partial charge in [-0.05, 0) is 24.3 Å². The van der Waals surface area contributed by atoms with E-state index in [1.165, 1.54) is 17.4 Å². The maximum absolute atomic E-state index is 14.0. The first kappa shape index (κ1) is 23.3. The van der Waals surface area contributed by atoms with Gasteiger partial charge in [0, 0.05) is 63.7 Å². The number of aromatic nitrogens is 1. The fourth-order valence-corrected chi connectivity index (χ4v) is 5.38. The van der Waals surface area contributed by atoms with Crippen molar-refractivity contribution in [3.8, 4) is 0 Å². The van der Waals surface area contributed by atoms with E-state index in [-0.39, 0.29) is 36.1 Å². The number of imide groups is 1. The zero-order valence-electron chi connectivity index (χ0n) is 18.8. The molecule has 0 saturated carbocycles. The molecule has 8 nitrogen and oxygen atoms in total. The second-order valence-corrected chi connectivity index (χ2v) is 9.50. The van der Waals surface area contributed by atoms with Crippen molar-refractivity contribution in [1.82, 2.24) is 15.2 Å². The molecule has 3 heterocycles. The van der Waals surface area contributed by atoms with Crippen LogP contribution in [0.1, 0.15) is 23.2 Å². The molecule has 2 aliphatic heterocycles. The van der Waals surface area contributed by atoms with E-state index in [1.807, 2.05) is 0 Å². The lowest BCUT2D eigenvalue weighted by Crippen LogP contribution is -2.48. The minimum atomic E-state index is -0.652. The summed E-state index contributed by atoms with van der Waals surface area (Å²) in [6.07, 6.45) is 0.383. The molecule has 0 spiro atoms. The van der Waals surface area contributed by atoms with Crippen LogP contribution < -0.4 is 15.1 Å². The van der Waals surface area contributed by atoms with Crippen LogP contribution in [0.25, 0.3) is 10.2 Å². The standard InChI is InChI=1S/C24H23F2N5O3S/c25-16-13-18(26)22-19(14-16)35-24(28-22)30-10-8-29(9-11-30)7-6-27-23(34)15-2-1-3-17(12-15)31-20(32)4-5-21(31)33/h1-3,12-14H,4-11H2,(H,27,34). The van der Waals surface area contributed by atoms with Crippen LogP contribution in [-0.2, 0) is 9.59 Å². The van der Waals surface area contributed by atoms with Crippen molar-refractivity contribution in [3.63, 3.8) is 0 Å². The molecule has 3 aromatic rings. The number of anilines is 2. The number of amides is 3. The fraction of sp³-hybridized carbons (Fsp3) is 0.333. The van der Waals surface area contributed by atoms with Crippen LogP contribution in [0.15, 0.2) is 36.4 Å². The Morgan fingerprint density at radius 2 is 1.77 bits per heavy atom. The van der Waals surface area contributed by atoms with Crippen LogP contribution in [0.4, 0.5) is 19.6 Å². The Hall–Kier alpha value is -3.44. The molecule has 0 aliphatic carbocycles. The van der Waals surface area contributed by atoms with Gasteiger partial charge in [0.25, 0.3) is 5.91 Å². The molecule has 0 bridgehead atoms. The van der Waals surface area contributed by atoms with E-state index in [9.17, 15) is 23.2 Å². The number of hydrogen-bond acceptors (Lipinski definition) is 7. The molecule has 0 radical (unpaired) electrons. The van der Waals surface area contributed by atoms with Crippen molar-refractivity contribution in [2.75, 3.05) is 49.1 Å². The zero-order valence-corrected chi connectivity index (χ0v) is 19.6. The van der Waals surface area contributed by atoms with E-state index in [0.717, 1.165) is 24.1 Å². The first-order valence-corrected chi connectivity index (χ1v) is 12.2. The predicted octanol–water partition coefficient (Wildman–Crippen LogP) is 2.78. The number of carbonyl (C=O) groups excluding carboxylic acids is 3. The lowest BCUT2D eigenvalue weighted by Gasteiger charge is -2.34. The van der Waals surface area contributed by atoms with Crippen LogP contribution in [0, 0.1) is 11.6 Å². The van der Waals surface area contributed by atoms with Gasteiger partial charge in [0.05, 0.1) is 10.4 Å². The molecule has 0 atom stereocenters. The van der Waals surface area contributed by atoms with Crippen molar-refractivity contribution in [2.45, 2.75) is 12.8 Å². The normalized spacial score (nSPS) is 17.0. The Morgan fingerprint density at radius 1 is 1.03 bits per heavy atom. The van der Waals surface area contributed by atoms with Gasteiger partial charge in [0.1, 0.15) is 11.3 Å². The van der Waals surface area contributed by atoms with Crippen molar-refractivity contribution in [3.05, 3.63) is 53.6 Å². The quantitative estimate of drug-likeness (QED) is 0.525. The van der Waals surface area contributed by atoms with Gasteiger partial charge in [0.2, 0.25) is 11.8 Å². The summed E-state index contributed by atoms with van der Waals surface area (Å²) < 4.78 is 27.9. The number of fused-ring (bicyclic) bond motifs is 1. The van der Waals surface area contributed by atoms with E-state index in [2.05, 4.69) is 20.1 Å².